The minimum Gasteiger partial charge on any atom is -0.410 e. The second-order valence-corrected chi connectivity index (χ2v) is 5.89. The van der Waals surface area contributed by atoms with E-state index in [1.807, 2.05) is 17.5 Å². The van der Waals surface area contributed by atoms with Crippen LogP contribution in [0.15, 0.2) is 60.0 Å². The van der Waals surface area contributed by atoms with Crippen molar-refractivity contribution in [2.75, 3.05) is 6.54 Å². The molecule has 0 radical (unpaired) electrons. The number of rotatable bonds is 5. The highest BCUT2D eigenvalue weighted by Crippen LogP contribution is 2.24. The van der Waals surface area contributed by atoms with E-state index in [4.69, 9.17) is 4.74 Å². The van der Waals surface area contributed by atoms with Crippen LogP contribution in [-0.4, -0.2) is 17.6 Å². The van der Waals surface area contributed by atoms with Gasteiger partial charge in [-0.15, -0.1) is 11.3 Å². The number of carbonyl (C=O) groups excluding carboxylic acids is 1. The second-order valence-electron chi connectivity index (χ2n) is 5.03. The number of para-hydroxylation sites is 1. The number of ether oxygens (including phenoxy) is 1. The zero-order valence-electron chi connectivity index (χ0n) is 12.7. The first-order valence-corrected chi connectivity index (χ1v) is 8.30. The van der Waals surface area contributed by atoms with Gasteiger partial charge in [0.25, 0.3) is 0 Å². The van der Waals surface area contributed by atoms with Crippen molar-refractivity contribution in [3.05, 3.63) is 71.5 Å². The molecule has 0 aliphatic heterocycles. The molecule has 3 rings (SSSR count). The Morgan fingerprint density at radius 1 is 1.17 bits per heavy atom. The van der Waals surface area contributed by atoms with E-state index in [0.717, 1.165) is 16.3 Å². The van der Waals surface area contributed by atoms with Gasteiger partial charge in [-0.3, -0.25) is 0 Å². The molecule has 0 aliphatic rings. The van der Waals surface area contributed by atoms with Crippen molar-refractivity contribution < 1.29 is 13.9 Å². The maximum atomic E-state index is 13.2. The molecule has 0 atom stereocenters. The lowest BCUT2D eigenvalue weighted by molar-refractivity contribution is 0.200. The van der Waals surface area contributed by atoms with Crippen molar-refractivity contribution in [1.29, 1.82) is 0 Å². The highest BCUT2D eigenvalue weighted by Gasteiger charge is 2.07. The first-order chi connectivity index (χ1) is 11.7. The molecule has 24 heavy (non-hydrogen) atoms. The molecule has 2 aromatic carbocycles. The Morgan fingerprint density at radius 3 is 2.79 bits per heavy atom. The number of aromatic nitrogens is 1. The van der Waals surface area contributed by atoms with E-state index in [1.165, 1.54) is 23.5 Å². The molecule has 0 bridgehead atoms. The first kappa shape index (κ1) is 16.1. The number of halogens is 1. The standard InChI is InChI=1S/C18H15FN2O2S/c19-14-6-4-5-13(11-14)17-21-15(12-24-17)9-10-20-18(22)23-16-7-2-1-3-8-16/h1-8,11-12H,9-10H2,(H,20,22). The smallest absolute Gasteiger partial charge is 0.410 e. The topological polar surface area (TPSA) is 51.2 Å². The van der Waals surface area contributed by atoms with E-state index >= 15 is 0 Å². The number of nitrogens with zero attached hydrogens (tertiary/aromatic N) is 1. The molecule has 122 valence electrons. The third-order valence-electron chi connectivity index (χ3n) is 3.23. The summed E-state index contributed by atoms with van der Waals surface area (Å²) in [6.07, 6.45) is 0.0807. The Bertz CT molecular complexity index is 821. The van der Waals surface area contributed by atoms with Gasteiger partial charge in [0.1, 0.15) is 16.6 Å². The number of nitrogens with one attached hydrogen (secondary N) is 1. The van der Waals surface area contributed by atoms with Crippen LogP contribution in [0.2, 0.25) is 0 Å². The third kappa shape index (κ3) is 4.39. The molecule has 0 saturated heterocycles. The maximum Gasteiger partial charge on any atom is 0.412 e. The first-order valence-electron chi connectivity index (χ1n) is 7.42. The Balaban J connectivity index is 1.50. The van der Waals surface area contributed by atoms with Gasteiger partial charge in [-0.1, -0.05) is 30.3 Å². The van der Waals surface area contributed by atoms with Gasteiger partial charge in [0.15, 0.2) is 0 Å². The summed E-state index contributed by atoms with van der Waals surface area (Å²) in [4.78, 5) is 16.1. The average molecular weight is 342 g/mol. The van der Waals surface area contributed by atoms with Crippen LogP contribution in [0, 0.1) is 5.82 Å². The Hall–Kier alpha value is -2.73. The van der Waals surface area contributed by atoms with E-state index in [-0.39, 0.29) is 5.82 Å². The van der Waals surface area contributed by atoms with Crippen molar-refractivity contribution in [2.24, 2.45) is 0 Å². The highest BCUT2D eigenvalue weighted by atomic mass is 32.1. The van der Waals surface area contributed by atoms with Gasteiger partial charge in [-0.25, -0.2) is 14.2 Å². The number of amides is 1. The molecule has 1 aromatic heterocycles. The summed E-state index contributed by atoms with van der Waals surface area (Å²) in [6, 6.07) is 15.2. The van der Waals surface area contributed by atoms with E-state index < -0.39 is 6.09 Å². The second kappa shape index (κ2) is 7.70. The van der Waals surface area contributed by atoms with Crippen LogP contribution in [0.1, 0.15) is 5.69 Å². The monoisotopic (exact) mass is 342 g/mol. The van der Waals surface area contributed by atoms with Gasteiger partial charge in [0.05, 0.1) is 5.69 Å². The molecule has 0 saturated carbocycles. The lowest BCUT2D eigenvalue weighted by Gasteiger charge is -2.05. The fourth-order valence-corrected chi connectivity index (χ4v) is 2.95. The number of carbonyl (C=O) groups is 1. The van der Waals surface area contributed by atoms with Gasteiger partial charge in [0, 0.05) is 23.9 Å². The maximum absolute atomic E-state index is 13.2. The van der Waals surface area contributed by atoms with Crippen molar-refractivity contribution in [1.82, 2.24) is 10.3 Å². The van der Waals surface area contributed by atoms with Crippen LogP contribution in [0.4, 0.5) is 9.18 Å². The third-order valence-corrected chi connectivity index (χ3v) is 4.17. The molecule has 1 N–H and O–H groups in total. The molecule has 6 heteroatoms. The highest BCUT2D eigenvalue weighted by molar-refractivity contribution is 7.13. The molecule has 4 nitrogen and oxygen atoms in total. The van der Waals surface area contributed by atoms with Crippen molar-refractivity contribution in [2.45, 2.75) is 6.42 Å². The fraction of sp³-hybridized carbons (Fsp3) is 0.111. The van der Waals surface area contributed by atoms with Gasteiger partial charge >= 0.3 is 6.09 Å². The van der Waals surface area contributed by atoms with E-state index in [1.54, 1.807) is 30.3 Å². The molecule has 1 amide bonds. The van der Waals surface area contributed by atoms with Crippen LogP contribution >= 0.6 is 11.3 Å². The predicted molar refractivity (Wildman–Crippen MR) is 91.7 cm³/mol. The van der Waals surface area contributed by atoms with Crippen LogP contribution in [0.25, 0.3) is 10.6 Å². The van der Waals surface area contributed by atoms with Gasteiger partial charge < -0.3 is 10.1 Å². The molecule has 0 spiro atoms. The summed E-state index contributed by atoms with van der Waals surface area (Å²) in [5.74, 6) is 0.214. The Kier molecular flexibility index (Phi) is 5.18. The number of thiazole rings is 1. The van der Waals surface area contributed by atoms with Crippen LogP contribution in [-0.2, 0) is 6.42 Å². The average Bonchev–Trinajstić information content (AvgIpc) is 3.05. The zero-order valence-corrected chi connectivity index (χ0v) is 13.6. The number of hydrogen-bond donors (Lipinski definition) is 1. The normalized spacial score (nSPS) is 10.4. The zero-order chi connectivity index (χ0) is 16.8. The van der Waals surface area contributed by atoms with Crippen LogP contribution in [0.5, 0.6) is 5.75 Å². The summed E-state index contributed by atoms with van der Waals surface area (Å²) in [7, 11) is 0. The quantitative estimate of drug-likeness (QED) is 0.753. The Labute approximate surface area is 142 Å². The van der Waals surface area contributed by atoms with E-state index in [2.05, 4.69) is 10.3 Å². The summed E-state index contributed by atoms with van der Waals surface area (Å²) in [5.41, 5.74) is 1.60. The van der Waals surface area contributed by atoms with Crippen molar-refractivity contribution >= 4 is 17.4 Å². The van der Waals surface area contributed by atoms with Crippen molar-refractivity contribution in [3.8, 4) is 16.3 Å². The molecule has 3 aromatic rings. The summed E-state index contributed by atoms with van der Waals surface area (Å²) in [5, 5.41) is 5.35. The Morgan fingerprint density at radius 2 is 2.00 bits per heavy atom. The van der Waals surface area contributed by atoms with Crippen molar-refractivity contribution in [3.63, 3.8) is 0 Å². The lowest BCUT2D eigenvalue weighted by Crippen LogP contribution is -2.28. The molecule has 0 fully saturated rings. The fourth-order valence-electron chi connectivity index (χ4n) is 2.10. The molecular weight excluding hydrogens is 327 g/mol. The molecular formula is C18H15FN2O2S. The summed E-state index contributed by atoms with van der Waals surface area (Å²) < 4.78 is 18.4. The van der Waals surface area contributed by atoms with Gasteiger partial charge in [0.2, 0.25) is 0 Å². The SMILES string of the molecule is O=C(NCCc1csc(-c2cccc(F)c2)n1)Oc1ccccc1. The van der Waals surface area contributed by atoms with Crippen LogP contribution in [0.3, 0.4) is 0 Å². The molecule has 0 unspecified atom stereocenters. The minimum absolute atomic E-state index is 0.283. The minimum atomic E-state index is -0.498. The molecule has 0 aliphatic carbocycles. The number of hydrogen-bond acceptors (Lipinski definition) is 4. The summed E-state index contributed by atoms with van der Waals surface area (Å²) in [6.45, 7) is 0.415. The molecule has 1 heterocycles. The lowest BCUT2D eigenvalue weighted by atomic mass is 10.2. The van der Waals surface area contributed by atoms with Gasteiger partial charge in [-0.05, 0) is 24.3 Å². The van der Waals surface area contributed by atoms with Gasteiger partial charge in [-0.2, -0.15) is 0 Å². The predicted octanol–water partition coefficient (Wildman–Crippen LogP) is 4.28. The summed E-state index contributed by atoms with van der Waals surface area (Å²) >= 11 is 1.45. The van der Waals surface area contributed by atoms with E-state index in [9.17, 15) is 9.18 Å². The largest absolute Gasteiger partial charge is 0.412 e. The van der Waals surface area contributed by atoms with Crippen LogP contribution < -0.4 is 10.1 Å². The number of benzene rings is 2. The van der Waals surface area contributed by atoms with E-state index in [0.29, 0.717) is 18.7 Å².